The zero-order valence-corrected chi connectivity index (χ0v) is 14.6. The summed E-state index contributed by atoms with van der Waals surface area (Å²) in [5, 5.41) is 5.27. The molecule has 0 saturated carbocycles. The highest BCUT2D eigenvalue weighted by Gasteiger charge is 2.21. The lowest BCUT2D eigenvalue weighted by molar-refractivity contribution is 0.0765. The molecule has 0 bridgehead atoms. The SMILES string of the molecule is CCn1cc(CN2CCCN(C(=O)c3cnc(C)s3)CC2)cn1. The van der Waals surface area contributed by atoms with E-state index >= 15 is 0 Å². The first-order valence-electron chi connectivity index (χ1n) is 8.11. The molecule has 1 aliphatic heterocycles. The van der Waals surface area contributed by atoms with Crippen LogP contribution in [0.5, 0.6) is 0 Å². The fraction of sp³-hybridized carbons (Fsp3) is 0.562. The molecule has 3 heterocycles. The van der Waals surface area contributed by atoms with Gasteiger partial charge in [0.15, 0.2) is 0 Å². The summed E-state index contributed by atoms with van der Waals surface area (Å²) < 4.78 is 1.95. The molecule has 0 N–H and O–H groups in total. The van der Waals surface area contributed by atoms with Gasteiger partial charge in [-0.05, 0) is 20.3 Å². The molecule has 0 spiro atoms. The van der Waals surface area contributed by atoms with Crippen molar-refractivity contribution in [1.29, 1.82) is 0 Å². The Morgan fingerprint density at radius 2 is 2.13 bits per heavy atom. The second kappa shape index (κ2) is 7.23. The second-order valence-electron chi connectivity index (χ2n) is 5.87. The molecule has 0 radical (unpaired) electrons. The Morgan fingerprint density at radius 1 is 1.26 bits per heavy atom. The highest BCUT2D eigenvalue weighted by Crippen LogP contribution is 2.16. The largest absolute Gasteiger partial charge is 0.337 e. The lowest BCUT2D eigenvalue weighted by Gasteiger charge is -2.21. The minimum absolute atomic E-state index is 0.122. The molecule has 124 valence electrons. The number of amides is 1. The van der Waals surface area contributed by atoms with Crippen molar-refractivity contribution in [2.24, 2.45) is 0 Å². The number of hydrogen-bond donors (Lipinski definition) is 0. The monoisotopic (exact) mass is 333 g/mol. The van der Waals surface area contributed by atoms with E-state index < -0.39 is 0 Å². The van der Waals surface area contributed by atoms with Crippen molar-refractivity contribution in [3.05, 3.63) is 34.0 Å². The Morgan fingerprint density at radius 3 is 2.83 bits per heavy atom. The lowest BCUT2D eigenvalue weighted by Crippen LogP contribution is -2.34. The molecule has 0 atom stereocenters. The van der Waals surface area contributed by atoms with Gasteiger partial charge in [0.05, 0.1) is 17.4 Å². The molecule has 2 aromatic heterocycles. The van der Waals surface area contributed by atoms with Crippen molar-refractivity contribution < 1.29 is 4.79 Å². The third-order valence-electron chi connectivity index (χ3n) is 4.12. The van der Waals surface area contributed by atoms with Gasteiger partial charge in [-0.1, -0.05) is 0 Å². The van der Waals surface area contributed by atoms with Crippen molar-refractivity contribution in [1.82, 2.24) is 24.6 Å². The molecule has 3 rings (SSSR count). The first-order chi connectivity index (χ1) is 11.2. The first kappa shape index (κ1) is 16.1. The maximum absolute atomic E-state index is 12.5. The van der Waals surface area contributed by atoms with Crippen molar-refractivity contribution >= 4 is 17.2 Å². The van der Waals surface area contributed by atoms with Crippen molar-refractivity contribution in [2.45, 2.75) is 33.4 Å². The van der Waals surface area contributed by atoms with Gasteiger partial charge in [0, 0.05) is 51.0 Å². The standard InChI is InChI=1S/C16H23N5OS/c1-3-21-12-14(9-18-21)11-19-5-4-6-20(8-7-19)16(22)15-10-17-13(2)23-15/h9-10,12H,3-8,11H2,1-2H3. The molecule has 0 unspecified atom stereocenters. The van der Waals surface area contributed by atoms with Crippen LogP contribution in [0, 0.1) is 6.92 Å². The fourth-order valence-electron chi connectivity index (χ4n) is 2.87. The first-order valence-corrected chi connectivity index (χ1v) is 8.92. The Labute approximate surface area is 140 Å². The summed E-state index contributed by atoms with van der Waals surface area (Å²) >= 11 is 1.48. The van der Waals surface area contributed by atoms with Gasteiger partial charge in [0.25, 0.3) is 5.91 Å². The molecule has 0 aromatic carbocycles. The smallest absolute Gasteiger partial charge is 0.265 e. The number of aryl methyl sites for hydroxylation is 2. The maximum atomic E-state index is 12.5. The minimum Gasteiger partial charge on any atom is -0.337 e. The molecule has 6 nitrogen and oxygen atoms in total. The Bertz CT molecular complexity index is 665. The molecule has 7 heteroatoms. The van der Waals surface area contributed by atoms with Gasteiger partial charge in [0.1, 0.15) is 4.88 Å². The molecule has 23 heavy (non-hydrogen) atoms. The van der Waals surface area contributed by atoms with Crippen LogP contribution in [0.4, 0.5) is 0 Å². The lowest BCUT2D eigenvalue weighted by atomic mass is 10.3. The van der Waals surface area contributed by atoms with Crippen LogP contribution in [-0.2, 0) is 13.1 Å². The Hall–Kier alpha value is -1.73. The zero-order valence-electron chi connectivity index (χ0n) is 13.7. The number of aromatic nitrogens is 3. The maximum Gasteiger partial charge on any atom is 0.265 e. The van der Waals surface area contributed by atoms with E-state index in [-0.39, 0.29) is 5.91 Å². The quantitative estimate of drug-likeness (QED) is 0.859. The van der Waals surface area contributed by atoms with Gasteiger partial charge >= 0.3 is 0 Å². The van der Waals surface area contributed by atoms with Crippen LogP contribution in [0.2, 0.25) is 0 Å². The normalized spacial score (nSPS) is 16.5. The van der Waals surface area contributed by atoms with Crippen LogP contribution in [0.25, 0.3) is 0 Å². The number of rotatable bonds is 4. The van der Waals surface area contributed by atoms with Gasteiger partial charge in [-0.15, -0.1) is 11.3 Å². The summed E-state index contributed by atoms with van der Waals surface area (Å²) in [6.07, 6.45) is 6.75. The zero-order chi connectivity index (χ0) is 16.2. The molecular weight excluding hydrogens is 310 g/mol. The van der Waals surface area contributed by atoms with Crippen molar-refractivity contribution in [3.8, 4) is 0 Å². The predicted molar refractivity (Wildman–Crippen MR) is 90.5 cm³/mol. The van der Waals surface area contributed by atoms with Crippen LogP contribution in [0.1, 0.15) is 33.6 Å². The van der Waals surface area contributed by atoms with Gasteiger partial charge in [0.2, 0.25) is 0 Å². The van der Waals surface area contributed by atoms with E-state index in [0.29, 0.717) is 0 Å². The predicted octanol–water partition coefficient (Wildman–Crippen LogP) is 2.02. The molecule has 0 aliphatic carbocycles. The third kappa shape index (κ3) is 3.97. The Balaban J connectivity index is 1.57. The van der Waals surface area contributed by atoms with E-state index in [1.807, 2.05) is 22.7 Å². The van der Waals surface area contributed by atoms with Crippen molar-refractivity contribution in [3.63, 3.8) is 0 Å². The average molecular weight is 333 g/mol. The summed E-state index contributed by atoms with van der Waals surface area (Å²) in [6, 6.07) is 0. The van der Waals surface area contributed by atoms with E-state index in [1.165, 1.54) is 16.9 Å². The highest BCUT2D eigenvalue weighted by molar-refractivity contribution is 7.13. The summed E-state index contributed by atoms with van der Waals surface area (Å²) in [4.78, 5) is 21.8. The number of hydrogen-bond acceptors (Lipinski definition) is 5. The number of carbonyl (C=O) groups is 1. The third-order valence-corrected chi connectivity index (χ3v) is 5.03. The topological polar surface area (TPSA) is 54.3 Å². The minimum atomic E-state index is 0.122. The van der Waals surface area contributed by atoms with E-state index in [0.717, 1.165) is 55.6 Å². The van der Waals surface area contributed by atoms with Gasteiger partial charge in [-0.3, -0.25) is 14.4 Å². The fourth-order valence-corrected chi connectivity index (χ4v) is 3.61. The van der Waals surface area contributed by atoms with Crippen LogP contribution in [0.3, 0.4) is 0 Å². The number of nitrogens with zero attached hydrogens (tertiary/aromatic N) is 5. The van der Waals surface area contributed by atoms with Crippen LogP contribution >= 0.6 is 11.3 Å². The van der Waals surface area contributed by atoms with Gasteiger partial charge < -0.3 is 4.90 Å². The molecule has 1 aliphatic rings. The van der Waals surface area contributed by atoms with Gasteiger partial charge in [-0.25, -0.2) is 4.98 Å². The van der Waals surface area contributed by atoms with Crippen LogP contribution in [-0.4, -0.2) is 56.7 Å². The molecule has 1 saturated heterocycles. The molecule has 1 fully saturated rings. The summed E-state index contributed by atoms with van der Waals surface area (Å²) in [6.45, 7) is 9.34. The number of carbonyl (C=O) groups excluding carboxylic acids is 1. The average Bonchev–Trinajstić information content (AvgIpc) is 3.11. The van der Waals surface area contributed by atoms with E-state index in [9.17, 15) is 4.79 Å². The van der Waals surface area contributed by atoms with Gasteiger partial charge in [-0.2, -0.15) is 5.10 Å². The number of thiazole rings is 1. The van der Waals surface area contributed by atoms with E-state index in [1.54, 1.807) is 6.20 Å². The molecule has 2 aromatic rings. The van der Waals surface area contributed by atoms with E-state index in [2.05, 4.69) is 28.1 Å². The van der Waals surface area contributed by atoms with Crippen LogP contribution in [0.15, 0.2) is 18.6 Å². The molecular formula is C16H23N5OS. The summed E-state index contributed by atoms with van der Waals surface area (Å²) in [5.41, 5.74) is 1.24. The second-order valence-corrected chi connectivity index (χ2v) is 7.10. The summed E-state index contributed by atoms with van der Waals surface area (Å²) in [5.74, 6) is 0.122. The molecule has 1 amide bonds. The van der Waals surface area contributed by atoms with Crippen LogP contribution < -0.4 is 0 Å². The van der Waals surface area contributed by atoms with Crippen molar-refractivity contribution in [2.75, 3.05) is 26.2 Å². The summed E-state index contributed by atoms with van der Waals surface area (Å²) in [7, 11) is 0. The Kier molecular flexibility index (Phi) is 5.07. The highest BCUT2D eigenvalue weighted by atomic mass is 32.1. The van der Waals surface area contributed by atoms with E-state index in [4.69, 9.17) is 0 Å².